The Bertz CT molecular complexity index is 903. The average molecular weight is 342 g/mol. The summed E-state index contributed by atoms with van der Waals surface area (Å²) in [5.41, 5.74) is 5.69. The van der Waals surface area contributed by atoms with Crippen molar-refractivity contribution in [2.75, 3.05) is 17.3 Å². The molecule has 3 aromatic rings. The maximum absolute atomic E-state index is 12.3. The molecular formula is C23H22N2O. The van der Waals surface area contributed by atoms with Crippen molar-refractivity contribution in [2.24, 2.45) is 0 Å². The number of benzene rings is 3. The number of carbonyl (C=O) groups excluding carboxylic acids is 1. The van der Waals surface area contributed by atoms with Crippen LogP contribution in [-0.2, 0) is 17.8 Å². The molecule has 0 bridgehead atoms. The van der Waals surface area contributed by atoms with E-state index >= 15 is 0 Å². The quantitative estimate of drug-likeness (QED) is 0.735. The summed E-state index contributed by atoms with van der Waals surface area (Å²) in [5.74, 6) is -0.00410. The molecule has 0 saturated carbocycles. The van der Waals surface area contributed by atoms with E-state index in [-0.39, 0.29) is 11.8 Å². The first-order valence-corrected chi connectivity index (χ1v) is 8.94. The predicted octanol–water partition coefficient (Wildman–Crippen LogP) is 4.60. The average Bonchev–Trinajstić information content (AvgIpc) is 2.98. The molecule has 1 unspecified atom stereocenters. The molecule has 3 heteroatoms. The summed E-state index contributed by atoms with van der Waals surface area (Å²) in [6.45, 7) is 0.874. The summed E-state index contributed by atoms with van der Waals surface area (Å²) in [6.07, 6.45) is 0.728. The van der Waals surface area contributed by atoms with Gasteiger partial charge in [-0.15, -0.1) is 0 Å². The fraction of sp³-hybridized carbons (Fsp3) is 0.174. The van der Waals surface area contributed by atoms with Gasteiger partial charge in [-0.1, -0.05) is 60.7 Å². The number of hydrogen-bond donors (Lipinski definition) is 1. The van der Waals surface area contributed by atoms with Crippen molar-refractivity contribution in [3.8, 4) is 0 Å². The minimum Gasteiger partial charge on any atom is -0.370 e. The minimum atomic E-state index is -0.0981. The molecule has 3 aromatic carbocycles. The number of hydrogen-bond acceptors (Lipinski definition) is 2. The molecule has 1 atom stereocenters. The second kappa shape index (κ2) is 7.04. The van der Waals surface area contributed by atoms with Gasteiger partial charge in [0, 0.05) is 25.0 Å². The molecule has 1 aliphatic heterocycles. The number of carbonyl (C=O) groups is 1. The van der Waals surface area contributed by atoms with E-state index in [1.54, 1.807) is 0 Å². The summed E-state index contributed by atoms with van der Waals surface area (Å²) < 4.78 is 0. The molecule has 0 aromatic heterocycles. The Hall–Kier alpha value is -3.07. The van der Waals surface area contributed by atoms with E-state index in [0.717, 1.165) is 24.2 Å². The van der Waals surface area contributed by atoms with Crippen molar-refractivity contribution in [1.29, 1.82) is 0 Å². The van der Waals surface area contributed by atoms with Crippen LogP contribution in [0.25, 0.3) is 0 Å². The third-order valence-corrected chi connectivity index (χ3v) is 4.99. The molecule has 0 saturated heterocycles. The molecule has 3 nitrogen and oxygen atoms in total. The van der Waals surface area contributed by atoms with E-state index in [1.165, 1.54) is 16.8 Å². The molecular weight excluding hydrogens is 320 g/mol. The molecule has 26 heavy (non-hydrogen) atoms. The fourth-order valence-corrected chi connectivity index (χ4v) is 3.55. The summed E-state index contributed by atoms with van der Waals surface area (Å²) in [7, 11) is 2.10. The molecule has 1 amide bonds. The fourth-order valence-electron chi connectivity index (χ4n) is 3.55. The molecule has 0 fully saturated rings. The third kappa shape index (κ3) is 3.33. The lowest BCUT2D eigenvalue weighted by Crippen LogP contribution is -2.16. The van der Waals surface area contributed by atoms with Crippen molar-refractivity contribution in [3.05, 3.63) is 95.6 Å². The van der Waals surface area contributed by atoms with Crippen molar-refractivity contribution in [1.82, 2.24) is 0 Å². The zero-order valence-corrected chi connectivity index (χ0v) is 14.9. The zero-order valence-electron chi connectivity index (χ0n) is 14.9. The van der Waals surface area contributed by atoms with Gasteiger partial charge < -0.3 is 10.2 Å². The second-order valence-electron chi connectivity index (χ2n) is 6.84. The van der Waals surface area contributed by atoms with Crippen LogP contribution in [0.4, 0.5) is 11.4 Å². The molecule has 0 spiro atoms. The number of nitrogens with one attached hydrogen (secondary N) is 1. The molecule has 1 N–H and O–H groups in total. The number of fused-ring (bicyclic) bond motifs is 1. The van der Waals surface area contributed by atoms with Crippen molar-refractivity contribution in [2.45, 2.75) is 18.9 Å². The molecule has 1 aliphatic rings. The number of rotatable bonds is 5. The van der Waals surface area contributed by atoms with E-state index in [4.69, 9.17) is 0 Å². The maximum atomic E-state index is 12.3. The molecule has 130 valence electrons. The van der Waals surface area contributed by atoms with Gasteiger partial charge in [0.1, 0.15) is 0 Å². The summed E-state index contributed by atoms with van der Waals surface area (Å²) in [5, 5.41) is 2.98. The van der Waals surface area contributed by atoms with Gasteiger partial charge in [-0.25, -0.2) is 0 Å². The Morgan fingerprint density at radius 2 is 1.54 bits per heavy atom. The van der Waals surface area contributed by atoms with Crippen LogP contribution in [0.1, 0.15) is 22.6 Å². The van der Waals surface area contributed by atoms with E-state index in [9.17, 15) is 4.79 Å². The van der Waals surface area contributed by atoms with Crippen molar-refractivity contribution >= 4 is 17.3 Å². The monoisotopic (exact) mass is 342 g/mol. The Kier molecular flexibility index (Phi) is 4.44. The summed E-state index contributed by atoms with van der Waals surface area (Å²) >= 11 is 0. The zero-order chi connectivity index (χ0) is 17.9. The number of nitrogens with zero attached hydrogens (tertiary/aromatic N) is 1. The molecule has 0 aliphatic carbocycles. The van der Waals surface area contributed by atoms with Crippen LogP contribution in [0.3, 0.4) is 0 Å². The Labute approximate surface area is 154 Å². The highest BCUT2D eigenvalue weighted by atomic mass is 16.2. The Morgan fingerprint density at radius 1 is 0.846 bits per heavy atom. The van der Waals surface area contributed by atoms with E-state index in [2.05, 4.69) is 65.8 Å². The van der Waals surface area contributed by atoms with Crippen LogP contribution >= 0.6 is 0 Å². The lowest BCUT2D eigenvalue weighted by Gasteiger charge is -2.20. The van der Waals surface area contributed by atoms with E-state index in [1.807, 2.05) is 30.3 Å². The van der Waals surface area contributed by atoms with Gasteiger partial charge in [0.15, 0.2) is 0 Å². The SMILES string of the molecule is CN(Cc1ccccc1)c1ccc(CC2C(=O)Nc3ccccc32)cc1. The lowest BCUT2D eigenvalue weighted by molar-refractivity contribution is -0.117. The Balaban J connectivity index is 1.46. The Morgan fingerprint density at radius 3 is 2.31 bits per heavy atom. The van der Waals surface area contributed by atoms with Crippen LogP contribution in [0.5, 0.6) is 0 Å². The highest BCUT2D eigenvalue weighted by Crippen LogP contribution is 2.34. The number of amides is 1. The lowest BCUT2D eigenvalue weighted by atomic mass is 9.93. The van der Waals surface area contributed by atoms with Gasteiger partial charge in [0.25, 0.3) is 0 Å². The van der Waals surface area contributed by atoms with Gasteiger partial charge in [0.2, 0.25) is 5.91 Å². The van der Waals surface area contributed by atoms with Gasteiger partial charge >= 0.3 is 0 Å². The minimum absolute atomic E-state index is 0.0940. The first-order valence-electron chi connectivity index (χ1n) is 8.94. The number of para-hydroxylation sites is 1. The van der Waals surface area contributed by atoms with Gasteiger partial charge in [-0.3, -0.25) is 4.79 Å². The maximum Gasteiger partial charge on any atom is 0.232 e. The van der Waals surface area contributed by atoms with Gasteiger partial charge in [0.05, 0.1) is 5.92 Å². The normalized spacial score (nSPS) is 15.4. The van der Waals surface area contributed by atoms with E-state index < -0.39 is 0 Å². The third-order valence-electron chi connectivity index (χ3n) is 4.99. The van der Waals surface area contributed by atoms with E-state index in [0.29, 0.717) is 0 Å². The largest absolute Gasteiger partial charge is 0.370 e. The number of anilines is 2. The molecule has 1 heterocycles. The van der Waals surface area contributed by atoms with Crippen LogP contribution in [0.2, 0.25) is 0 Å². The van der Waals surface area contributed by atoms with Crippen LogP contribution in [-0.4, -0.2) is 13.0 Å². The first kappa shape index (κ1) is 16.4. The van der Waals surface area contributed by atoms with Crippen LogP contribution < -0.4 is 10.2 Å². The van der Waals surface area contributed by atoms with Crippen LogP contribution in [0, 0.1) is 0 Å². The van der Waals surface area contributed by atoms with Crippen molar-refractivity contribution in [3.63, 3.8) is 0 Å². The smallest absolute Gasteiger partial charge is 0.232 e. The standard InChI is InChI=1S/C23H22N2O/c1-25(16-18-7-3-2-4-8-18)19-13-11-17(12-14-19)15-21-20-9-5-6-10-22(20)24-23(21)26/h2-14,21H,15-16H2,1H3,(H,24,26). The molecule has 0 radical (unpaired) electrons. The topological polar surface area (TPSA) is 32.3 Å². The first-order chi connectivity index (χ1) is 12.7. The highest BCUT2D eigenvalue weighted by molar-refractivity contribution is 6.03. The predicted molar refractivity (Wildman–Crippen MR) is 107 cm³/mol. The molecule has 4 rings (SSSR count). The van der Waals surface area contributed by atoms with Crippen molar-refractivity contribution < 1.29 is 4.79 Å². The second-order valence-corrected chi connectivity index (χ2v) is 6.84. The summed E-state index contributed by atoms with van der Waals surface area (Å²) in [6, 6.07) is 26.9. The van der Waals surface area contributed by atoms with Crippen LogP contribution in [0.15, 0.2) is 78.9 Å². The van der Waals surface area contributed by atoms with Gasteiger partial charge in [-0.2, -0.15) is 0 Å². The highest BCUT2D eigenvalue weighted by Gasteiger charge is 2.29. The summed E-state index contributed by atoms with van der Waals surface area (Å²) in [4.78, 5) is 14.5. The van der Waals surface area contributed by atoms with Gasteiger partial charge in [-0.05, 0) is 41.3 Å².